The Hall–Kier alpha value is -1.14. The third kappa shape index (κ3) is 3.85. The molecule has 84 valence electrons. The van der Waals surface area contributed by atoms with Gasteiger partial charge >= 0.3 is 0 Å². The summed E-state index contributed by atoms with van der Waals surface area (Å²) in [5.74, 6) is 0.877. The van der Waals surface area contributed by atoms with Crippen LogP contribution in [0.1, 0.15) is 5.69 Å². The minimum Gasteiger partial charge on any atom is -0.383 e. The van der Waals surface area contributed by atoms with Gasteiger partial charge in [-0.3, -0.25) is 4.68 Å². The summed E-state index contributed by atoms with van der Waals surface area (Å²) in [6, 6.07) is 1.93. The van der Waals surface area contributed by atoms with Gasteiger partial charge in [0.2, 0.25) is 0 Å². The van der Waals surface area contributed by atoms with Crippen LogP contribution in [0.2, 0.25) is 0 Å². The van der Waals surface area contributed by atoms with Gasteiger partial charge in [0.15, 0.2) is 5.11 Å². The van der Waals surface area contributed by atoms with E-state index in [4.69, 9.17) is 17.0 Å². The smallest absolute Gasteiger partial charge is 0.172 e. The first-order valence-electron chi connectivity index (χ1n) is 4.68. The molecule has 0 unspecified atom stereocenters. The molecule has 0 saturated heterocycles. The van der Waals surface area contributed by atoms with Gasteiger partial charge in [0.1, 0.15) is 5.82 Å². The molecule has 0 amide bonds. The topological polar surface area (TPSA) is 51.1 Å². The van der Waals surface area contributed by atoms with Crippen molar-refractivity contribution in [2.45, 2.75) is 6.92 Å². The molecular formula is C9H16N4OS. The first-order chi connectivity index (χ1) is 7.13. The SMILES string of the molecule is COCCNC(=S)Nc1cc(C)nn1C. The zero-order chi connectivity index (χ0) is 11.3. The van der Waals surface area contributed by atoms with Crippen LogP contribution in [-0.2, 0) is 11.8 Å². The normalized spacial score (nSPS) is 10.1. The van der Waals surface area contributed by atoms with Crippen LogP contribution in [0, 0.1) is 6.92 Å². The van der Waals surface area contributed by atoms with Crippen LogP contribution in [0.15, 0.2) is 6.07 Å². The molecule has 0 aromatic carbocycles. The highest BCUT2D eigenvalue weighted by Crippen LogP contribution is 2.07. The molecule has 1 aromatic heterocycles. The van der Waals surface area contributed by atoms with Crippen LogP contribution >= 0.6 is 12.2 Å². The third-order valence-corrected chi connectivity index (χ3v) is 2.08. The lowest BCUT2D eigenvalue weighted by molar-refractivity contribution is 0.204. The summed E-state index contributed by atoms with van der Waals surface area (Å²) < 4.78 is 6.65. The predicted octanol–water partition coefficient (Wildman–Crippen LogP) is 0.661. The average molecular weight is 228 g/mol. The second kappa shape index (κ2) is 5.67. The first-order valence-corrected chi connectivity index (χ1v) is 5.08. The van der Waals surface area contributed by atoms with Crippen molar-refractivity contribution in [1.29, 1.82) is 0 Å². The molecule has 15 heavy (non-hydrogen) atoms. The Morgan fingerprint density at radius 1 is 1.67 bits per heavy atom. The number of anilines is 1. The lowest BCUT2D eigenvalue weighted by atomic mass is 10.5. The average Bonchev–Trinajstić information content (AvgIpc) is 2.45. The maximum atomic E-state index is 5.10. The van der Waals surface area contributed by atoms with Gasteiger partial charge in [-0.25, -0.2) is 0 Å². The van der Waals surface area contributed by atoms with Crippen molar-refractivity contribution < 1.29 is 4.74 Å². The second-order valence-electron chi connectivity index (χ2n) is 3.17. The molecular weight excluding hydrogens is 212 g/mol. The molecule has 1 heterocycles. The fourth-order valence-corrected chi connectivity index (χ4v) is 1.36. The van der Waals surface area contributed by atoms with Crippen molar-refractivity contribution in [1.82, 2.24) is 15.1 Å². The largest absolute Gasteiger partial charge is 0.383 e. The molecule has 0 saturated carbocycles. The maximum absolute atomic E-state index is 5.10. The van der Waals surface area contributed by atoms with Gasteiger partial charge < -0.3 is 15.4 Å². The molecule has 5 nitrogen and oxygen atoms in total. The number of rotatable bonds is 4. The van der Waals surface area contributed by atoms with Gasteiger partial charge in [0, 0.05) is 26.8 Å². The van der Waals surface area contributed by atoms with E-state index in [0.717, 1.165) is 11.5 Å². The van der Waals surface area contributed by atoms with E-state index < -0.39 is 0 Å². The Bertz CT molecular complexity index is 337. The van der Waals surface area contributed by atoms with Crippen LogP contribution in [0.4, 0.5) is 5.82 Å². The lowest BCUT2D eigenvalue weighted by Crippen LogP contribution is -2.31. The van der Waals surface area contributed by atoms with Crippen molar-refractivity contribution in [3.05, 3.63) is 11.8 Å². The van der Waals surface area contributed by atoms with Crippen molar-refractivity contribution in [2.24, 2.45) is 7.05 Å². The molecule has 1 aromatic rings. The molecule has 0 bridgehead atoms. The van der Waals surface area contributed by atoms with Gasteiger partial charge in [0.25, 0.3) is 0 Å². The van der Waals surface area contributed by atoms with Crippen LogP contribution in [0.25, 0.3) is 0 Å². The Labute approximate surface area is 94.8 Å². The highest BCUT2D eigenvalue weighted by atomic mass is 32.1. The van der Waals surface area contributed by atoms with E-state index in [9.17, 15) is 0 Å². The third-order valence-electron chi connectivity index (χ3n) is 1.84. The number of aromatic nitrogens is 2. The van der Waals surface area contributed by atoms with Crippen LogP contribution < -0.4 is 10.6 Å². The number of aryl methyl sites for hydroxylation is 2. The van der Waals surface area contributed by atoms with Crippen LogP contribution in [0.3, 0.4) is 0 Å². The maximum Gasteiger partial charge on any atom is 0.172 e. The van der Waals surface area contributed by atoms with E-state index in [2.05, 4.69) is 15.7 Å². The zero-order valence-electron chi connectivity index (χ0n) is 9.20. The van der Waals surface area contributed by atoms with Crippen molar-refractivity contribution in [3.8, 4) is 0 Å². The van der Waals surface area contributed by atoms with Gasteiger partial charge in [-0.2, -0.15) is 5.10 Å². The monoisotopic (exact) mass is 228 g/mol. The molecule has 1 rings (SSSR count). The van der Waals surface area contributed by atoms with Crippen molar-refractivity contribution >= 4 is 23.1 Å². The Balaban J connectivity index is 2.41. The number of nitrogens with zero attached hydrogens (tertiary/aromatic N) is 2. The molecule has 0 radical (unpaired) electrons. The minimum absolute atomic E-state index is 0.579. The summed E-state index contributed by atoms with van der Waals surface area (Å²) in [6.45, 7) is 3.26. The fraction of sp³-hybridized carbons (Fsp3) is 0.556. The Kier molecular flexibility index (Phi) is 4.51. The molecule has 6 heteroatoms. The van der Waals surface area contributed by atoms with E-state index in [1.807, 2.05) is 20.0 Å². The number of thiocarbonyl (C=S) groups is 1. The van der Waals surface area contributed by atoms with Gasteiger partial charge in [-0.1, -0.05) is 0 Å². The van der Waals surface area contributed by atoms with Crippen molar-refractivity contribution in [2.75, 3.05) is 25.6 Å². The summed E-state index contributed by atoms with van der Waals surface area (Å²) in [7, 11) is 3.52. The fourth-order valence-electron chi connectivity index (χ4n) is 1.15. The summed E-state index contributed by atoms with van der Waals surface area (Å²) in [4.78, 5) is 0. The van der Waals surface area contributed by atoms with Gasteiger partial charge in [0.05, 0.1) is 12.3 Å². The summed E-state index contributed by atoms with van der Waals surface area (Å²) in [5.41, 5.74) is 0.958. The van der Waals surface area contributed by atoms with E-state index in [-0.39, 0.29) is 0 Å². The van der Waals surface area contributed by atoms with E-state index >= 15 is 0 Å². The van der Waals surface area contributed by atoms with Gasteiger partial charge in [-0.05, 0) is 19.1 Å². The second-order valence-corrected chi connectivity index (χ2v) is 3.58. The van der Waals surface area contributed by atoms with Gasteiger partial charge in [-0.15, -0.1) is 0 Å². The zero-order valence-corrected chi connectivity index (χ0v) is 10.0. The highest BCUT2D eigenvalue weighted by Gasteiger charge is 2.02. The molecule has 0 aliphatic heterocycles. The van der Waals surface area contributed by atoms with Crippen LogP contribution in [0.5, 0.6) is 0 Å². The number of ether oxygens (including phenoxy) is 1. The molecule has 0 atom stereocenters. The van der Waals surface area contributed by atoms with Crippen LogP contribution in [-0.4, -0.2) is 35.2 Å². The Morgan fingerprint density at radius 3 is 2.93 bits per heavy atom. The molecule has 0 aliphatic carbocycles. The summed E-state index contributed by atoms with van der Waals surface area (Å²) in [5, 5.41) is 10.9. The lowest BCUT2D eigenvalue weighted by Gasteiger charge is -2.09. The Morgan fingerprint density at radius 2 is 2.40 bits per heavy atom. The highest BCUT2D eigenvalue weighted by molar-refractivity contribution is 7.80. The first kappa shape index (κ1) is 11.9. The van der Waals surface area contributed by atoms with E-state index in [1.165, 1.54) is 0 Å². The minimum atomic E-state index is 0.579. The molecule has 0 aliphatic rings. The van der Waals surface area contributed by atoms with E-state index in [0.29, 0.717) is 18.3 Å². The van der Waals surface area contributed by atoms with E-state index in [1.54, 1.807) is 11.8 Å². The number of hydrogen-bond donors (Lipinski definition) is 2. The predicted molar refractivity (Wildman–Crippen MR) is 64.0 cm³/mol. The number of hydrogen-bond acceptors (Lipinski definition) is 3. The van der Waals surface area contributed by atoms with Crippen molar-refractivity contribution in [3.63, 3.8) is 0 Å². The number of methoxy groups -OCH3 is 1. The molecule has 0 fully saturated rings. The summed E-state index contributed by atoms with van der Waals surface area (Å²) >= 11 is 5.10. The summed E-state index contributed by atoms with van der Waals surface area (Å²) in [6.07, 6.45) is 0. The molecule has 2 N–H and O–H groups in total. The number of nitrogens with one attached hydrogen (secondary N) is 2. The molecule has 0 spiro atoms. The standard InChI is InChI=1S/C9H16N4OS/c1-7-6-8(13(2)12-7)11-9(15)10-4-5-14-3/h6H,4-5H2,1-3H3,(H2,10,11,15). The quantitative estimate of drug-likeness (QED) is 0.586.